The smallest absolute Gasteiger partial charge is 0.318 e. The predicted octanol–water partition coefficient (Wildman–Crippen LogP) is 2.58. The molecule has 2 unspecified atom stereocenters. The van der Waals surface area contributed by atoms with E-state index in [-0.39, 0.29) is 6.03 Å². The molecule has 0 bridgehead atoms. The Hall–Kier alpha value is -1.30. The molecule has 6 nitrogen and oxygen atoms in total. The number of urea groups is 1. The number of hydrogen-bond acceptors (Lipinski definition) is 3. The average molecular weight is 377 g/mol. The molecule has 3 amide bonds. The summed E-state index contributed by atoms with van der Waals surface area (Å²) >= 11 is 0. The van der Waals surface area contributed by atoms with Crippen LogP contribution in [0.15, 0.2) is 0 Å². The molecule has 4 fully saturated rings. The Morgan fingerprint density at radius 1 is 0.963 bits per heavy atom. The van der Waals surface area contributed by atoms with Crippen LogP contribution in [0.3, 0.4) is 0 Å². The third-order valence-corrected chi connectivity index (χ3v) is 7.32. The zero-order valence-electron chi connectivity index (χ0n) is 16.9. The number of carbonyl (C=O) groups is 2. The highest BCUT2D eigenvalue weighted by Crippen LogP contribution is 2.33. The number of nitrogens with zero attached hydrogens (tertiary/aromatic N) is 3. The fourth-order valence-electron chi connectivity index (χ4n) is 5.81. The van der Waals surface area contributed by atoms with Gasteiger partial charge in [0.25, 0.3) is 0 Å². The van der Waals surface area contributed by atoms with Gasteiger partial charge in [0.2, 0.25) is 5.91 Å². The van der Waals surface area contributed by atoms with E-state index in [0.717, 1.165) is 64.7 Å². The first kappa shape index (κ1) is 19.0. The van der Waals surface area contributed by atoms with Gasteiger partial charge in [-0.25, -0.2) is 4.79 Å². The molecule has 4 rings (SSSR count). The van der Waals surface area contributed by atoms with Gasteiger partial charge in [-0.15, -0.1) is 0 Å². The van der Waals surface area contributed by atoms with Crippen LogP contribution < -0.4 is 5.32 Å². The molecule has 0 radical (unpaired) electrons. The van der Waals surface area contributed by atoms with Crippen molar-refractivity contribution in [1.82, 2.24) is 20.0 Å². The van der Waals surface area contributed by atoms with Crippen molar-refractivity contribution in [2.24, 2.45) is 0 Å². The van der Waals surface area contributed by atoms with Gasteiger partial charge in [-0.05, 0) is 44.9 Å². The Bertz CT molecular complexity index is 538. The first-order chi connectivity index (χ1) is 13.2. The van der Waals surface area contributed by atoms with Crippen LogP contribution in [0.2, 0.25) is 0 Å². The fraction of sp³-hybridized carbons (Fsp3) is 0.905. The maximum Gasteiger partial charge on any atom is 0.318 e. The minimum Gasteiger partial charge on any atom is -0.343 e. The van der Waals surface area contributed by atoms with Gasteiger partial charge < -0.3 is 20.0 Å². The lowest BCUT2D eigenvalue weighted by Crippen LogP contribution is -2.53. The molecule has 6 heteroatoms. The summed E-state index contributed by atoms with van der Waals surface area (Å²) in [7, 11) is 0. The summed E-state index contributed by atoms with van der Waals surface area (Å²) in [6.07, 6.45) is 10.9. The van der Waals surface area contributed by atoms with Crippen LogP contribution >= 0.6 is 0 Å². The monoisotopic (exact) mass is 376 g/mol. The van der Waals surface area contributed by atoms with Crippen LogP contribution in [0.25, 0.3) is 0 Å². The molecule has 0 aromatic heterocycles. The van der Waals surface area contributed by atoms with Crippen LogP contribution in [0.4, 0.5) is 4.79 Å². The molecule has 3 aliphatic heterocycles. The third-order valence-electron chi connectivity index (χ3n) is 7.32. The second kappa shape index (κ2) is 8.38. The SMILES string of the molecule is CCCC(=O)N1CCC(N2CCC(N3C(=O)NC4CCCCC43)CC2)CC1. The van der Waals surface area contributed by atoms with E-state index in [0.29, 0.717) is 36.5 Å². The van der Waals surface area contributed by atoms with Crippen molar-refractivity contribution in [1.29, 1.82) is 0 Å². The van der Waals surface area contributed by atoms with Crippen molar-refractivity contribution in [2.45, 2.75) is 95.3 Å². The highest BCUT2D eigenvalue weighted by atomic mass is 16.2. The van der Waals surface area contributed by atoms with E-state index in [1.165, 1.54) is 19.3 Å². The van der Waals surface area contributed by atoms with Crippen LogP contribution in [0.1, 0.15) is 71.1 Å². The molecular weight excluding hydrogens is 340 g/mol. The summed E-state index contributed by atoms with van der Waals surface area (Å²) in [5, 5.41) is 3.24. The van der Waals surface area contributed by atoms with Crippen LogP contribution in [0, 0.1) is 0 Å². The molecule has 0 aromatic carbocycles. The molecule has 1 N–H and O–H groups in total. The van der Waals surface area contributed by atoms with E-state index >= 15 is 0 Å². The van der Waals surface area contributed by atoms with Gasteiger partial charge >= 0.3 is 6.03 Å². The quantitative estimate of drug-likeness (QED) is 0.820. The number of nitrogens with one attached hydrogen (secondary N) is 1. The minimum atomic E-state index is 0.188. The Kier molecular flexibility index (Phi) is 5.90. The minimum absolute atomic E-state index is 0.188. The maximum absolute atomic E-state index is 12.5. The number of rotatable bonds is 4. The molecule has 3 saturated heterocycles. The number of amides is 3. The lowest BCUT2D eigenvalue weighted by molar-refractivity contribution is -0.132. The Labute approximate surface area is 163 Å². The molecule has 152 valence electrons. The van der Waals surface area contributed by atoms with Crippen molar-refractivity contribution in [3.8, 4) is 0 Å². The molecule has 0 spiro atoms. The van der Waals surface area contributed by atoms with E-state index in [9.17, 15) is 9.59 Å². The summed E-state index contributed by atoms with van der Waals surface area (Å²) in [5.41, 5.74) is 0. The highest BCUT2D eigenvalue weighted by molar-refractivity contribution is 5.78. The van der Waals surface area contributed by atoms with Crippen molar-refractivity contribution in [3.63, 3.8) is 0 Å². The second-order valence-corrected chi connectivity index (χ2v) is 8.94. The van der Waals surface area contributed by atoms with Crippen molar-refractivity contribution < 1.29 is 9.59 Å². The third kappa shape index (κ3) is 3.96. The van der Waals surface area contributed by atoms with Gasteiger partial charge in [-0.3, -0.25) is 4.79 Å². The second-order valence-electron chi connectivity index (χ2n) is 8.94. The lowest BCUT2D eigenvalue weighted by Gasteiger charge is -2.44. The Morgan fingerprint density at radius 3 is 2.33 bits per heavy atom. The van der Waals surface area contributed by atoms with E-state index in [1.54, 1.807) is 0 Å². The molecule has 1 aliphatic carbocycles. The molecule has 4 aliphatic rings. The highest BCUT2D eigenvalue weighted by Gasteiger charge is 2.44. The largest absolute Gasteiger partial charge is 0.343 e. The van der Waals surface area contributed by atoms with Crippen molar-refractivity contribution in [2.75, 3.05) is 26.2 Å². The number of carbonyl (C=O) groups excluding carboxylic acids is 2. The van der Waals surface area contributed by atoms with E-state index in [1.807, 2.05) is 0 Å². The Balaban J connectivity index is 1.26. The number of hydrogen-bond donors (Lipinski definition) is 1. The molecule has 0 aromatic rings. The first-order valence-corrected chi connectivity index (χ1v) is 11.3. The van der Waals surface area contributed by atoms with Gasteiger partial charge in [-0.1, -0.05) is 19.8 Å². The zero-order valence-corrected chi connectivity index (χ0v) is 16.9. The molecule has 3 heterocycles. The van der Waals surface area contributed by atoms with Gasteiger partial charge in [0.05, 0.1) is 12.1 Å². The summed E-state index contributed by atoms with van der Waals surface area (Å²) < 4.78 is 0. The van der Waals surface area contributed by atoms with Gasteiger partial charge in [0.1, 0.15) is 0 Å². The summed E-state index contributed by atoms with van der Waals surface area (Å²) in [5.74, 6) is 0.330. The summed E-state index contributed by atoms with van der Waals surface area (Å²) in [6.45, 7) is 6.10. The normalized spacial score (nSPS) is 31.1. The van der Waals surface area contributed by atoms with E-state index in [2.05, 4.69) is 26.9 Å². The number of fused-ring (bicyclic) bond motifs is 1. The van der Waals surface area contributed by atoms with Gasteiger partial charge in [-0.2, -0.15) is 0 Å². The molecule has 2 atom stereocenters. The van der Waals surface area contributed by atoms with Gasteiger partial charge in [0.15, 0.2) is 0 Å². The topological polar surface area (TPSA) is 55.9 Å². The van der Waals surface area contributed by atoms with E-state index < -0.39 is 0 Å². The summed E-state index contributed by atoms with van der Waals surface area (Å²) in [6, 6.07) is 2.06. The molecular formula is C21H36N4O2. The lowest BCUT2D eigenvalue weighted by atomic mass is 9.89. The van der Waals surface area contributed by atoms with Crippen LogP contribution in [0.5, 0.6) is 0 Å². The van der Waals surface area contributed by atoms with Crippen LogP contribution in [-0.4, -0.2) is 77.0 Å². The molecule has 1 saturated carbocycles. The standard InChI is InChI=1S/C21H36N4O2/c1-2-5-20(26)24-14-8-16(9-15-24)23-12-10-17(11-13-23)25-19-7-4-3-6-18(19)22-21(25)27/h16-19H,2-15H2,1H3,(H,22,27). The maximum atomic E-state index is 12.5. The number of piperidine rings is 2. The van der Waals surface area contributed by atoms with Crippen molar-refractivity contribution in [3.05, 3.63) is 0 Å². The Morgan fingerprint density at radius 2 is 1.63 bits per heavy atom. The number of likely N-dealkylation sites (tertiary alicyclic amines) is 2. The van der Waals surface area contributed by atoms with Crippen LogP contribution in [-0.2, 0) is 4.79 Å². The zero-order chi connectivity index (χ0) is 18.8. The predicted molar refractivity (Wildman–Crippen MR) is 106 cm³/mol. The van der Waals surface area contributed by atoms with Crippen molar-refractivity contribution >= 4 is 11.9 Å². The van der Waals surface area contributed by atoms with E-state index in [4.69, 9.17) is 0 Å². The first-order valence-electron chi connectivity index (χ1n) is 11.3. The molecule has 27 heavy (non-hydrogen) atoms. The summed E-state index contributed by atoms with van der Waals surface area (Å²) in [4.78, 5) is 31.5. The fourth-order valence-corrected chi connectivity index (χ4v) is 5.81. The van der Waals surface area contributed by atoms with Gasteiger partial charge in [0, 0.05) is 44.7 Å². The average Bonchev–Trinajstić information content (AvgIpc) is 3.04.